The number of nitrogens with zero attached hydrogens (tertiary/aromatic N) is 3. The number of para-hydroxylation sites is 1. The van der Waals surface area contributed by atoms with Crippen LogP contribution in [0.3, 0.4) is 0 Å². The molecule has 1 amide bonds. The Kier molecular flexibility index (Phi) is 4.19. The topological polar surface area (TPSA) is 57.1 Å². The molecule has 0 saturated carbocycles. The fourth-order valence-electron chi connectivity index (χ4n) is 2.66. The molecule has 2 aromatic carbocycles. The molecule has 0 radical (unpaired) electrons. The largest absolute Gasteiger partial charge is 0.308 e. The first-order chi connectivity index (χ1) is 11.2. The minimum Gasteiger partial charge on any atom is -0.308 e. The van der Waals surface area contributed by atoms with Crippen molar-refractivity contribution in [3.63, 3.8) is 0 Å². The SMILES string of the molecule is C=C1NN=NCc2ccccc2N(C(C)=O)Cc2ccccc21. The second-order valence-corrected chi connectivity index (χ2v) is 5.38. The number of benzene rings is 2. The van der Waals surface area contributed by atoms with E-state index in [1.807, 2.05) is 48.5 Å². The lowest BCUT2D eigenvalue weighted by molar-refractivity contribution is -0.116. The van der Waals surface area contributed by atoms with Gasteiger partial charge in [0.15, 0.2) is 0 Å². The average Bonchev–Trinajstić information content (AvgIpc) is 2.59. The first-order valence-corrected chi connectivity index (χ1v) is 7.42. The normalized spacial score (nSPS) is 14.3. The number of nitrogens with one attached hydrogen (secondary N) is 1. The van der Waals surface area contributed by atoms with Crippen LogP contribution in [0.1, 0.15) is 23.6 Å². The molecule has 3 rings (SSSR count). The number of hydrogen-bond donors (Lipinski definition) is 1. The Balaban J connectivity index is 2.14. The van der Waals surface area contributed by atoms with Gasteiger partial charge in [0.2, 0.25) is 5.91 Å². The van der Waals surface area contributed by atoms with Crippen molar-refractivity contribution in [1.82, 2.24) is 5.43 Å². The standard InChI is InChI=1S/C18H18N4O/c1-13-17-9-5-3-8-16(17)12-22(14(2)23)18-10-6-4-7-15(18)11-19-21-20-13/h3-10H,1,11-12H2,2H3,(H,19,20). The smallest absolute Gasteiger partial charge is 0.224 e. The van der Waals surface area contributed by atoms with E-state index in [4.69, 9.17) is 0 Å². The highest BCUT2D eigenvalue weighted by atomic mass is 16.2. The van der Waals surface area contributed by atoms with Crippen LogP contribution in [0.2, 0.25) is 0 Å². The van der Waals surface area contributed by atoms with Gasteiger partial charge in [0, 0.05) is 18.2 Å². The summed E-state index contributed by atoms with van der Waals surface area (Å²) >= 11 is 0. The van der Waals surface area contributed by atoms with E-state index in [2.05, 4.69) is 22.3 Å². The Bertz CT molecular complexity index is 782. The number of hydrogen-bond acceptors (Lipinski definition) is 4. The van der Waals surface area contributed by atoms with Crippen molar-refractivity contribution in [2.45, 2.75) is 20.0 Å². The van der Waals surface area contributed by atoms with Gasteiger partial charge in [-0.2, -0.15) is 5.11 Å². The summed E-state index contributed by atoms with van der Waals surface area (Å²) in [4.78, 5) is 14.0. The van der Waals surface area contributed by atoms with E-state index in [-0.39, 0.29) is 5.91 Å². The maximum Gasteiger partial charge on any atom is 0.224 e. The fraction of sp³-hybridized carbons (Fsp3) is 0.167. The zero-order chi connectivity index (χ0) is 16.2. The van der Waals surface area contributed by atoms with Gasteiger partial charge in [0.05, 0.1) is 18.8 Å². The molecule has 0 aliphatic carbocycles. The lowest BCUT2D eigenvalue weighted by atomic mass is 10.0. The zero-order valence-corrected chi connectivity index (χ0v) is 13.0. The number of anilines is 1. The van der Waals surface area contributed by atoms with Gasteiger partial charge in [0.25, 0.3) is 0 Å². The number of amides is 1. The van der Waals surface area contributed by atoms with Crippen molar-refractivity contribution in [2.24, 2.45) is 10.3 Å². The number of carbonyl (C=O) groups is 1. The molecule has 23 heavy (non-hydrogen) atoms. The molecule has 0 bridgehead atoms. The van der Waals surface area contributed by atoms with Gasteiger partial charge in [-0.25, -0.2) is 0 Å². The Morgan fingerprint density at radius 2 is 1.83 bits per heavy atom. The van der Waals surface area contributed by atoms with Crippen LogP contribution < -0.4 is 10.3 Å². The van der Waals surface area contributed by atoms with E-state index in [0.717, 1.165) is 22.4 Å². The van der Waals surface area contributed by atoms with Crippen LogP contribution in [0.5, 0.6) is 0 Å². The molecule has 116 valence electrons. The highest BCUT2D eigenvalue weighted by molar-refractivity contribution is 5.92. The van der Waals surface area contributed by atoms with Gasteiger partial charge in [-0.1, -0.05) is 54.3 Å². The third-order valence-electron chi connectivity index (χ3n) is 3.83. The molecule has 1 N–H and O–H groups in total. The van der Waals surface area contributed by atoms with Gasteiger partial charge in [0.1, 0.15) is 0 Å². The molecule has 5 heteroatoms. The Morgan fingerprint density at radius 1 is 1.13 bits per heavy atom. The van der Waals surface area contributed by atoms with Gasteiger partial charge in [-0.05, 0) is 17.2 Å². The van der Waals surface area contributed by atoms with Gasteiger partial charge in [-0.3, -0.25) is 10.2 Å². The summed E-state index contributed by atoms with van der Waals surface area (Å²) in [5.74, 6) is -0.0120. The third kappa shape index (κ3) is 3.13. The molecule has 2 aromatic rings. The second kappa shape index (κ2) is 6.44. The minimum absolute atomic E-state index is 0.0120. The molecule has 0 saturated heterocycles. The van der Waals surface area contributed by atoms with Crippen molar-refractivity contribution in [2.75, 3.05) is 4.90 Å². The van der Waals surface area contributed by atoms with Crippen molar-refractivity contribution in [3.05, 3.63) is 71.8 Å². The fourth-order valence-corrected chi connectivity index (χ4v) is 2.66. The molecule has 1 aliphatic rings. The van der Waals surface area contributed by atoms with Crippen molar-refractivity contribution in [3.8, 4) is 0 Å². The molecule has 1 heterocycles. The van der Waals surface area contributed by atoms with Crippen LogP contribution in [0.25, 0.3) is 5.70 Å². The highest BCUT2D eigenvalue weighted by Crippen LogP contribution is 2.26. The van der Waals surface area contributed by atoms with Crippen molar-refractivity contribution >= 4 is 17.3 Å². The molecule has 5 nitrogen and oxygen atoms in total. The predicted octanol–water partition coefficient (Wildman–Crippen LogP) is 3.68. The molecular formula is C18H18N4O. The second-order valence-electron chi connectivity index (χ2n) is 5.38. The molecule has 0 aromatic heterocycles. The van der Waals surface area contributed by atoms with E-state index in [9.17, 15) is 4.79 Å². The van der Waals surface area contributed by atoms with E-state index < -0.39 is 0 Å². The summed E-state index contributed by atoms with van der Waals surface area (Å²) in [6.07, 6.45) is 0. The average molecular weight is 306 g/mol. The Morgan fingerprint density at radius 3 is 2.61 bits per heavy atom. The monoisotopic (exact) mass is 306 g/mol. The summed E-state index contributed by atoms with van der Waals surface area (Å²) in [6.45, 7) is 6.46. The summed E-state index contributed by atoms with van der Waals surface area (Å²) in [6, 6.07) is 15.6. The Hall–Kier alpha value is -2.95. The lowest BCUT2D eigenvalue weighted by Crippen LogP contribution is -2.29. The van der Waals surface area contributed by atoms with Crippen molar-refractivity contribution in [1.29, 1.82) is 0 Å². The van der Waals surface area contributed by atoms with Crippen LogP contribution in [0, 0.1) is 0 Å². The first-order valence-electron chi connectivity index (χ1n) is 7.42. The van der Waals surface area contributed by atoms with Crippen LogP contribution in [-0.4, -0.2) is 5.91 Å². The number of fused-ring (bicyclic) bond motifs is 2. The summed E-state index contributed by atoms with van der Waals surface area (Å²) in [5, 5.41) is 8.14. The third-order valence-corrected chi connectivity index (χ3v) is 3.83. The summed E-state index contributed by atoms with van der Waals surface area (Å²) in [7, 11) is 0. The van der Waals surface area contributed by atoms with Gasteiger partial charge < -0.3 is 4.90 Å². The van der Waals surface area contributed by atoms with Crippen LogP contribution >= 0.6 is 0 Å². The van der Waals surface area contributed by atoms with Gasteiger partial charge in [-0.15, -0.1) is 0 Å². The molecule has 1 aliphatic heterocycles. The maximum absolute atomic E-state index is 12.2. The van der Waals surface area contributed by atoms with E-state index in [1.54, 1.807) is 11.8 Å². The number of rotatable bonds is 0. The lowest BCUT2D eigenvalue weighted by Gasteiger charge is -2.24. The molecule has 0 fully saturated rings. The van der Waals surface area contributed by atoms with E-state index >= 15 is 0 Å². The van der Waals surface area contributed by atoms with Gasteiger partial charge >= 0.3 is 0 Å². The van der Waals surface area contributed by atoms with Crippen LogP contribution in [0.15, 0.2) is 65.4 Å². The summed E-state index contributed by atoms with van der Waals surface area (Å²) in [5.41, 5.74) is 7.29. The summed E-state index contributed by atoms with van der Waals surface area (Å²) < 4.78 is 0. The first kappa shape index (κ1) is 15.0. The van der Waals surface area contributed by atoms with Crippen molar-refractivity contribution < 1.29 is 4.79 Å². The van der Waals surface area contributed by atoms with Crippen LogP contribution in [-0.2, 0) is 17.9 Å². The molecule has 0 unspecified atom stereocenters. The minimum atomic E-state index is -0.0120. The van der Waals surface area contributed by atoms with Crippen LogP contribution in [0.4, 0.5) is 5.69 Å². The number of carbonyl (C=O) groups excluding carboxylic acids is 1. The molecule has 0 atom stereocenters. The predicted molar refractivity (Wildman–Crippen MR) is 90.5 cm³/mol. The highest BCUT2D eigenvalue weighted by Gasteiger charge is 2.18. The molecule has 0 spiro atoms. The maximum atomic E-state index is 12.2. The van der Waals surface area contributed by atoms with E-state index in [1.165, 1.54) is 0 Å². The molecular weight excluding hydrogens is 288 g/mol. The quantitative estimate of drug-likeness (QED) is 0.807. The Labute approximate surface area is 135 Å². The van der Waals surface area contributed by atoms with E-state index in [0.29, 0.717) is 18.8 Å². The zero-order valence-electron chi connectivity index (χ0n) is 13.0.